The third-order valence-corrected chi connectivity index (χ3v) is 7.44. The zero-order valence-corrected chi connectivity index (χ0v) is 16.3. The minimum Gasteiger partial charge on any atom is -0.335 e. The fourth-order valence-electron chi connectivity index (χ4n) is 3.18. The summed E-state index contributed by atoms with van der Waals surface area (Å²) in [7, 11) is -3.59. The van der Waals surface area contributed by atoms with E-state index in [4.69, 9.17) is 0 Å². The van der Waals surface area contributed by atoms with Gasteiger partial charge in [-0.05, 0) is 41.4 Å². The van der Waals surface area contributed by atoms with Crippen LogP contribution in [0.15, 0.2) is 47.4 Å². The van der Waals surface area contributed by atoms with Crippen molar-refractivity contribution in [1.29, 1.82) is 0 Å². The van der Waals surface area contributed by atoms with Gasteiger partial charge in [0.05, 0.1) is 10.6 Å². The van der Waals surface area contributed by atoms with Gasteiger partial charge in [0.25, 0.3) is 5.91 Å². The average molecular weight is 403 g/mol. The van der Waals surface area contributed by atoms with Gasteiger partial charge in [-0.25, -0.2) is 8.42 Å². The Morgan fingerprint density at radius 2 is 1.74 bits per heavy atom. The predicted octanol–water partition coefficient (Wildman–Crippen LogP) is 2.15. The van der Waals surface area contributed by atoms with Gasteiger partial charge in [-0.2, -0.15) is 4.31 Å². The Hall–Kier alpha value is -2.36. The van der Waals surface area contributed by atoms with Crippen LogP contribution < -0.4 is 0 Å². The maximum Gasteiger partial charge on any atom is 0.267 e. The van der Waals surface area contributed by atoms with E-state index in [9.17, 15) is 13.2 Å². The molecule has 0 N–H and O–H groups in total. The van der Waals surface area contributed by atoms with Crippen LogP contribution in [0.3, 0.4) is 0 Å². The van der Waals surface area contributed by atoms with Crippen molar-refractivity contribution in [2.24, 2.45) is 0 Å². The van der Waals surface area contributed by atoms with Gasteiger partial charge in [-0.3, -0.25) is 4.79 Å². The van der Waals surface area contributed by atoms with Crippen LogP contribution in [-0.2, 0) is 10.0 Å². The Bertz CT molecular complexity index is 1100. The number of fused-ring (bicyclic) bond motifs is 1. The molecule has 140 valence electrons. The lowest BCUT2D eigenvalue weighted by atomic mass is 10.1. The number of benzene rings is 2. The van der Waals surface area contributed by atoms with Crippen molar-refractivity contribution in [3.8, 4) is 0 Å². The molecule has 9 heteroatoms. The number of piperazine rings is 1. The van der Waals surface area contributed by atoms with E-state index in [1.807, 2.05) is 30.3 Å². The molecule has 2 aromatic carbocycles. The van der Waals surface area contributed by atoms with Crippen molar-refractivity contribution in [1.82, 2.24) is 18.8 Å². The molecule has 7 nitrogen and oxygen atoms in total. The fraction of sp³-hybridized carbons (Fsp3) is 0.278. The highest BCUT2D eigenvalue weighted by atomic mass is 32.2. The van der Waals surface area contributed by atoms with E-state index >= 15 is 0 Å². The summed E-state index contributed by atoms with van der Waals surface area (Å²) in [6.07, 6.45) is 0. The Morgan fingerprint density at radius 3 is 2.41 bits per heavy atom. The van der Waals surface area contributed by atoms with Crippen LogP contribution in [0, 0.1) is 6.92 Å². The highest BCUT2D eigenvalue weighted by molar-refractivity contribution is 7.89. The first-order valence-electron chi connectivity index (χ1n) is 8.54. The first-order valence-corrected chi connectivity index (χ1v) is 10.8. The molecule has 1 aliphatic rings. The molecule has 1 saturated heterocycles. The van der Waals surface area contributed by atoms with E-state index in [1.165, 1.54) is 4.31 Å². The van der Waals surface area contributed by atoms with Crippen molar-refractivity contribution in [3.05, 3.63) is 53.0 Å². The lowest BCUT2D eigenvalue weighted by Crippen LogP contribution is -2.50. The second kappa shape index (κ2) is 6.99. The first-order chi connectivity index (χ1) is 13.0. The van der Waals surface area contributed by atoms with Crippen LogP contribution in [0.25, 0.3) is 10.8 Å². The molecular formula is C18H18N4O3S2. The van der Waals surface area contributed by atoms with Crippen LogP contribution in [-0.4, -0.2) is 59.3 Å². The number of hydrogen-bond donors (Lipinski definition) is 0. The fourth-order valence-corrected chi connectivity index (χ4v) is 5.26. The van der Waals surface area contributed by atoms with Crippen molar-refractivity contribution < 1.29 is 13.2 Å². The van der Waals surface area contributed by atoms with Crippen LogP contribution in [0.1, 0.15) is 15.4 Å². The molecule has 0 spiro atoms. The van der Waals surface area contributed by atoms with Crippen molar-refractivity contribution in [2.75, 3.05) is 26.2 Å². The van der Waals surface area contributed by atoms with Gasteiger partial charge in [0.2, 0.25) is 10.0 Å². The molecule has 1 amide bonds. The van der Waals surface area contributed by atoms with E-state index in [1.54, 1.807) is 24.0 Å². The molecule has 1 fully saturated rings. The summed E-state index contributed by atoms with van der Waals surface area (Å²) in [6.45, 7) is 2.99. The average Bonchev–Trinajstić information content (AvgIpc) is 3.13. The Kier molecular flexibility index (Phi) is 4.67. The maximum atomic E-state index is 13.0. The first kappa shape index (κ1) is 18.0. The van der Waals surface area contributed by atoms with Crippen LogP contribution in [0.4, 0.5) is 0 Å². The number of aromatic nitrogens is 2. The van der Waals surface area contributed by atoms with Gasteiger partial charge in [0.15, 0.2) is 0 Å². The summed E-state index contributed by atoms with van der Waals surface area (Å²) in [4.78, 5) is 15.0. The Morgan fingerprint density at radius 1 is 1.04 bits per heavy atom. The lowest BCUT2D eigenvalue weighted by Gasteiger charge is -2.33. The van der Waals surface area contributed by atoms with Crippen LogP contribution in [0.5, 0.6) is 0 Å². The molecule has 0 radical (unpaired) electrons. The summed E-state index contributed by atoms with van der Waals surface area (Å²) in [5.74, 6) is -0.134. The Balaban J connectivity index is 1.51. The van der Waals surface area contributed by atoms with E-state index in [-0.39, 0.29) is 23.9 Å². The molecule has 0 bridgehead atoms. The third kappa shape index (κ3) is 3.33. The molecular weight excluding hydrogens is 384 g/mol. The zero-order chi connectivity index (χ0) is 19.0. The second-order valence-electron chi connectivity index (χ2n) is 6.39. The highest BCUT2D eigenvalue weighted by Gasteiger charge is 2.31. The molecule has 2 heterocycles. The largest absolute Gasteiger partial charge is 0.335 e. The summed E-state index contributed by atoms with van der Waals surface area (Å²) in [5.41, 5.74) is 0.608. The van der Waals surface area contributed by atoms with Crippen molar-refractivity contribution in [2.45, 2.75) is 11.8 Å². The van der Waals surface area contributed by atoms with E-state index in [2.05, 4.69) is 9.59 Å². The van der Waals surface area contributed by atoms with E-state index in [0.717, 1.165) is 22.3 Å². The molecule has 0 saturated carbocycles. The minimum absolute atomic E-state index is 0.134. The summed E-state index contributed by atoms with van der Waals surface area (Å²) < 4.78 is 31.2. The minimum atomic E-state index is -3.59. The molecule has 3 aromatic rings. The number of carbonyl (C=O) groups is 1. The lowest BCUT2D eigenvalue weighted by molar-refractivity contribution is 0.0702. The van der Waals surface area contributed by atoms with Gasteiger partial charge in [0.1, 0.15) is 4.88 Å². The summed E-state index contributed by atoms with van der Waals surface area (Å²) in [6, 6.07) is 12.8. The van der Waals surface area contributed by atoms with Crippen LogP contribution >= 0.6 is 11.5 Å². The van der Waals surface area contributed by atoms with Crippen molar-refractivity contribution in [3.63, 3.8) is 0 Å². The number of rotatable bonds is 3. The SMILES string of the molecule is Cc1nnsc1C(=O)N1CCN(S(=O)(=O)c2ccc3ccccc3c2)CC1. The molecule has 0 atom stereocenters. The summed E-state index contributed by atoms with van der Waals surface area (Å²) in [5, 5.41) is 5.76. The number of carbonyl (C=O) groups excluding carboxylic acids is 1. The number of sulfonamides is 1. The predicted molar refractivity (Wildman–Crippen MR) is 103 cm³/mol. The highest BCUT2D eigenvalue weighted by Crippen LogP contribution is 2.23. The van der Waals surface area contributed by atoms with Crippen molar-refractivity contribution >= 4 is 38.2 Å². The molecule has 27 heavy (non-hydrogen) atoms. The molecule has 1 aromatic heterocycles. The molecule has 1 aliphatic heterocycles. The van der Waals surface area contributed by atoms with Gasteiger partial charge < -0.3 is 4.90 Å². The monoisotopic (exact) mass is 402 g/mol. The molecule has 4 rings (SSSR count). The van der Waals surface area contributed by atoms with E-state index in [0.29, 0.717) is 23.7 Å². The zero-order valence-electron chi connectivity index (χ0n) is 14.7. The third-order valence-electron chi connectivity index (χ3n) is 4.73. The van der Waals surface area contributed by atoms with Gasteiger partial charge in [-0.15, -0.1) is 5.10 Å². The van der Waals surface area contributed by atoms with Gasteiger partial charge >= 0.3 is 0 Å². The van der Waals surface area contributed by atoms with Crippen LogP contribution in [0.2, 0.25) is 0 Å². The number of nitrogens with zero attached hydrogens (tertiary/aromatic N) is 4. The normalized spacial score (nSPS) is 16.0. The number of hydrogen-bond acceptors (Lipinski definition) is 6. The standard InChI is InChI=1S/C18H18N4O3S2/c1-13-17(26-20-19-13)18(23)21-8-10-22(11-9-21)27(24,25)16-7-6-14-4-2-3-5-15(14)12-16/h2-7,12H,8-11H2,1H3. The second-order valence-corrected chi connectivity index (χ2v) is 9.08. The Labute approximate surface area is 161 Å². The topological polar surface area (TPSA) is 83.5 Å². The molecule has 0 unspecified atom stereocenters. The number of aryl methyl sites for hydroxylation is 1. The maximum absolute atomic E-state index is 13.0. The summed E-state index contributed by atoms with van der Waals surface area (Å²) >= 11 is 1.07. The van der Waals surface area contributed by atoms with E-state index < -0.39 is 10.0 Å². The molecule has 0 aliphatic carbocycles. The quantitative estimate of drug-likeness (QED) is 0.670. The smallest absolute Gasteiger partial charge is 0.267 e. The number of amides is 1. The van der Waals surface area contributed by atoms with Gasteiger partial charge in [-0.1, -0.05) is 34.8 Å². The van der Waals surface area contributed by atoms with Gasteiger partial charge in [0, 0.05) is 26.2 Å².